The van der Waals surface area contributed by atoms with Crippen LogP contribution in [0.5, 0.6) is 0 Å². The molecule has 0 bridgehead atoms. The fourth-order valence-corrected chi connectivity index (χ4v) is 2.29. The SMILES string of the molecule is CCOCCCNC(=S)N1CCNC(=O)C1(C)C. The van der Waals surface area contributed by atoms with Gasteiger partial charge in [-0.1, -0.05) is 0 Å². The Morgan fingerprint density at radius 1 is 1.61 bits per heavy atom. The Kier molecular flexibility index (Phi) is 5.81. The van der Waals surface area contributed by atoms with Crippen molar-refractivity contribution in [1.82, 2.24) is 15.5 Å². The number of nitrogens with zero attached hydrogens (tertiary/aromatic N) is 1. The summed E-state index contributed by atoms with van der Waals surface area (Å²) in [5.74, 6) is 0.0206. The Morgan fingerprint density at radius 3 is 3.00 bits per heavy atom. The van der Waals surface area contributed by atoms with E-state index >= 15 is 0 Å². The van der Waals surface area contributed by atoms with E-state index in [9.17, 15) is 4.79 Å². The van der Waals surface area contributed by atoms with E-state index in [-0.39, 0.29) is 5.91 Å². The summed E-state index contributed by atoms with van der Waals surface area (Å²) in [6.07, 6.45) is 0.911. The number of carbonyl (C=O) groups is 1. The first-order valence-corrected chi connectivity index (χ1v) is 6.82. The monoisotopic (exact) mass is 273 g/mol. The minimum absolute atomic E-state index is 0.0206. The second-order valence-corrected chi connectivity index (χ2v) is 5.14. The standard InChI is InChI=1S/C12H23N3O2S/c1-4-17-9-5-6-14-11(18)15-8-7-13-10(16)12(15,2)3/h4-9H2,1-3H3,(H,13,16)(H,14,18). The molecule has 1 rings (SSSR count). The van der Waals surface area contributed by atoms with E-state index in [0.717, 1.165) is 32.7 Å². The normalized spacial score (nSPS) is 18.4. The van der Waals surface area contributed by atoms with E-state index in [4.69, 9.17) is 17.0 Å². The quantitative estimate of drug-likeness (QED) is 0.564. The highest BCUT2D eigenvalue weighted by atomic mass is 32.1. The lowest BCUT2D eigenvalue weighted by atomic mass is 10.00. The molecule has 0 aliphatic carbocycles. The zero-order valence-corrected chi connectivity index (χ0v) is 12.2. The molecule has 6 heteroatoms. The summed E-state index contributed by atoms with van der Waals surface area (Å²) in [4.78, 5) is 13.7. The van der Waals surface area contributed by atoms with E-state index in [2.05, 4.69) is 10.6 Å². The highest BCUT2D eigenvalue weighted by molar-refractivity contribution is 7.80. The van der Waals surface area contributed by atoms with Crippen LogP contribution in [0.25, 0.3) is 0 Å². The second kappa shape index (κ2) is 6.89. The maximum Gasteiger partial charge on any atom is 0.245 e. The number of carbonyl (C=O) groups excluding carboxylic acids is 1. The fourth-order valence-electron chi connectivity index (χ4n) is 1.86. The molecule has 1 amide bonds. The molecule has 18 heavy (non-hydrogen) atoms. The van der Waals surface area contributed by atoms with Crippen molar-refractivity contribution in [2.24, 2.45) is 0 Å². The summed E-state index contributed by atoms with van der Waals surface area (Å²) >= 11 is 5.35. The van der Waals surface area contributed by atoms with E-state index in [1.165, 1.54) is 0 Å². The highest BCUT2D eigenvalue weighted by Crippen LogP contribution is 2.17. The maximum atomic E-state index is 11.8. The van der Waals surface area contributed by atoms with Crippen LogP contribution < -0.4 is 10.6 Å². The predicted molar refractivity (Wildman–Crippen MR) is 75.5 cm³/mol. The number of hydrogen-bond donors (Lipinski definition) is 2. The first kappa shape index (κ1) is 15.2. The molecule has 0 aromatic heterocycles. The van der Waals surface area contributed by atoms with Crippen molar-refractivity contribution in [2.45, 2.75) is 32.7 Å². The van der Waals surface area contributed by atoms with Gasteiger partial charge < -0.3 is 20.3 Å². The lowest BCUT2D eigenvalue weighted by Crippen LogP contribution is -2.65. The molecule has 0 aromatic carbocycles. The number of ether oxygens (including phenoxy) is 1. The maximum absolute atomic E-state index is 11.8. The molecular formula is C12H23N3O2S. The van der Waals surface area contributed by atoms with E-state index in [1.54, 1.807) is 0 Å². The van der Waals surface area contributed by atoms with Crippen LogP contribution in [0, 0.1) is 0 Å². The zero-order valence-electron chi connectivity index (χ0n) is 11.4. The van der Waals surface area contributed by atoms with Crippen molar-refractivity contribution in [3.63, 3.8) is 0 Å². The van der Waals surface area contributed by atoms with Crippen molar-refractivity contribution < 1.29 is 9.53 Å². The van der Waals surface area contributed by atoms with Gasteiger partial charge in [-0.25, -0.2) is 0 Å². The van der Waals surface area contributed by atoms with Gasteiger partial charge in [0, 0.05) is 32.8 Å². The molecule has 0 spiro atoms. The Labute approximate surface area is 114 Å². The predicted octanol–water partition coefficient (Wildman–Crippen LogP) is 0.498. The molecule has 0 atom stereocenters. The largest absolute Gasteiger partial charge is 0.382 e. The number of rotatable bonds is 5. The summed E-state index contributed by atoms with van der Waals surface area (Å²) in [5, 5.41) is 6.68. The highest BCUT2D eigenvalue weighted by Gasteiger charge is 2.38. The number of thiocarbonyl (C=S) groups is 1. The van der Waals surface area contributed by atoms with Gasteiger partial charge in [-0.15, -0.1) is 0 Å². The van der Waals surface area contributed by atoms with Gasteiger partial charge in [0.05, 0.1) is 0 Å². The van der Waals surface area contributed by atoms with Crippen LogP contribution in [0.2, 0.25) is 0 Å². The number of nitrogens with one attached hydrogen (secondary N) is 2. The molecule has 1 aliphatic rings. The minimum Gasteiger partial charge on any atom is -0.382 e. The molecule has 0 aromatic rings. The molecule has 1 saturated heterocycles. The van der Waals surface area contributed by atoms with Gasteiger partial charge >= 0.3 is 0 Å². The smallest absolute Gasteiger partial charge is 0.245 e. The number of piperazine rings is 1. The molecular weight excluding hydrogens is 250 g/mol. The van der Waals surface area contributed by atoms with Crippen LogP contribution in [0.1, 0.15) is 27.2 Å². The van der Waals surface area contributed by atoms with Crippen molar-refractivity contribution in [3.8, 4) is 0 Å². The van der Waals surface area contributed by atoms with E-state index in [0.29, 0.717) is 11.7 Å². The molecule has 0 saturated carbocycles. The van der Waals surface area contributed by atoms with E-state index in [1.807, 2.05) is 25.7 Å². The molecule has 0 unspecified atom stereocenters. The number of amides is 1. The van der Waals surface area contributed by atoms with Gasteiger partial charge in [0.25, 0.3) is 0 Å². The Hall–Kier alpha value is -0.880. The molecule has 1 aliphatic heterocycles. The van der Waals surface area contributed by atoms with Crippen molar-refractivity contribution in [3.05, 3.63) is 0 Å². The van der Waals surface area contributed by atoms with Crippen molar-refractivity contribution >= 4 is 23.2 Å². The molecule has 5 nitrogen and oxygen atoms in total. The molecule has 2 N–H and O–H groups in total. The lowest BCUT2D eigenvalue weighted by Gasteiger charge is -2.42. The third-order valence-corrected chi connectivity index (χ3v) is 3.41. The van der Waals surface area contributed by atoms with Gasteiger partial charge in [-0.2, -0.15) is 0 Å². The fraction of sp³-hybridized carbons (Fsp3) is 0.833. The third kappa shape index (κ3) is 3.81. The minimum atomic E-state index is -0.581. The first-order chi connectivity index (χ1) is 8.50. The summed E-state index contributed by atoms with van der Waals surface area (Å²) in [5.41, 5.74) is -0.581. The van der Waals surface area contributed by atoms with Gasteiger partial charge in [-0.05, 0) is 39.4 Å². The van der Waals surface area contributed by atoms with Crippen LogP contribution in [0.4, 0.5) is 0 Å². The van der Waals surface area contributed by atoms with Gasteiger partial charge in [0.2, 0.25) is 5.91 Å². The first-order valence-electron chi connectivity index (χ1n) is 6.41. The summed E-state index contributed by atoms with van der Waals surface area (Å²) in [6, 6.07) is 0. The van der Waals surface area contributed by atoms with Gasteiger partial charge in [0.1, 0.15) is 5.54 Å². The Balaban J connectivity index is 2.38. The summed E-state index contributed by atoms with van der Waals surface area (Å²) < 4.78 is 5.26. The van der Waals surface area contributed by atoms with Crippen LogP contribution in [0.15, 0.2) is 0 Å². The average Bonchev–Trinajstić information content (AvgIpc) is 2.32. The summed E-state index contributed by atoms with van der Waals surface area (Å²) in [7, 11) is 0. The van der Waals surface area contributed by atoms with Gasteiger partial charge in [-0.3, -0.25) is 4.79 Å². The van der Waals surface area contributed by atoms with E-state index < -0.39 is 5.54 Å². The Bertz CT molecular complexity index is 308. The number of hydrogen-bond acceptors (Lipinski definition) is 3. The lowest BCUT2D eigenvalue weighted by molar-refractivity contribution is -0.132. The van der Waals surface area contributed by atoms with Crippen molar-refractivity contribution in [1.29, 1.82) is 0 Å². The van der Waals surface area contributed by atoms with Crippen LogP contribution >= 0.6 is 12.2 Å². The topological polar surface area (TPSA) is 53.6 Å². The Morgan fingerprint density at radius 2 is 2.33 bits per heavy atom. The van der Waals surface area contributed by atoms with Crippen LogP contribution in [-0.4, -0.2) is 54.3 Å². The van der Waals surface area contributed by atoms with Crippen molar-refractivity contribution in [2.75, 3.05) is 32.8 Å². The summed E-state index contributed by atoms with van der Waals surface area (Å²) in [6.45, 7) is 9.38. The zero-order chi connectivity index (χ0) is 13.6. The molecule has 1 fully saturated rings. The van der Waals surface area contributed by atoms with Crippen LogP contribution in [0.3, 0.4) is 0 Å². The molecule has 1 heterocycles. The van der Waals surface area contributed by atoms with Gasteiger partial charge in [0.15, 0.2) is 5.11 Å². The molecule has 104 valence electrons. The second-order valence-electron chi connectivity index (χ2n) is 4.75. The molecule has 0 radical (unpaired) electrons. The van der Waals surface area contributed by atoms with Crippen LogP contribution in [-0.2, 0) is 9.53 Å². The average molecular weight is 273 g/mol. The third-order valence-electron chi connectivity index (χ3n) is 3.04.